The quantitative estimate of drug-likeness (QED) is 0.654. The number of carboxylic acid groups (broad SMARTS) is 1. The van der Waals surface area contributed by atoms with E-state index in [1.807, 2.05) is 13.0 Å². The van der Waals surface area contributed by atoms with Gasteiger partial charge >= 0.3 is 18.7 Å². The number of alkyl halides is 5. The van der Waals surface area contributed by atoms with Gasteiger partial charge in [-0.05, 0) is 30.9 Å². The predicted octanol–water partition coefficient (Wildman–Crippen LogP) is 4.27. The zero-order valence-electron chi connectivity index (χ0n) is 15.8. The molecule has 0 aliphatic carbocycles. The molecule has 2 aromatic rings. The van der Waals surface area contributed by atoms with Crippen molar-refractivity contribution in [3.05, 3.63) is 30.2 Å². The molecule has 1 aliphatic rings. The van der Waals surface area contributed by atoms with Crippen LogP contribution < -0.4 is 5.32 Å². The second kappa shape index (κ2) is 9.63. The largest absolute Gasteiger partial charge is 0.490 e. The van der Waals surface area contributed by atoms with Crippen molar-refractivity contribution in [3.63, 3.8) is 0 Å². The Hall–Kier alpha value is -3.05. The van der Waals surface area contributed by atoms with Crippen LogP contribution in [0.2, 0.25) is 0 Å². The molecule has 2 N–H and O–H groups in total. The number of aryl methyl sites for hydroxylation is 1. The Morgan fingerprint density at radius 3 is 2.53 bits per heavy atom. The van der Waals surface area contributed by atoms with Gasteiger partial charge in [0.25, 0.3) is 0 Å². The van der Waals surface area contributed by atoms with Crippen LogP contribution in [0, 0.1) is 5.92 Å². The fourth-order valence-electron chi connectivity index (χ4n) is 2.81. The van der Waals surface area contributed by atoms with Crippen LogP contribution in [0.4, 0.5) is 27.6 Å². The van der Waals surface area contributed by atoms with Crippen molar-refractivity contribution in [2.45, 2.75) is 45.3 Å². The van der Waals surface area contributed by atoms with Crippen molar-refractivity contribution >= 4 is 17.6 Å². The summed E-state index contributed by atoms with van der Waals surface area (Å²) in [5.74, 6) is -3.11. The third kappa shape index (κ3) is 5.97. The number of nitrogens with zero attached hydrogens (tertiary/aromatic N) is 3. The predicted molar refractivity (Wildman–Crippen MR) is 95.8 cm³/mol. The molecular formula is C18H19F5N4O3. The standard InChI is InChI=1S/C16H18F2N4O.C2HF3O2/c1-10-4-2-3-5-11-6-12(8-19-7-11)14-13(21-15(10)23)9-20-22(14)16(17)18;3-2(4,5)1(6)7/h6-10,16H,2-5H2,1H3,(H,21,23);(H,6,7). The SMILES string of the molecule is CC1CCCCc2cncc(c2)-c2c(cnn2C(F)F)NC1=O.O=C(O)C(F)(F)F. The van der Waals surface area contributed by atoms with Gasteiger partial charge in [-0.1, -0.05) is 13.3 Å². The summed E-state index contributed by atoms with van der Waals surface area (Å²) in [4.78, 5) is 25.3. The summed E-state index contributed by atoms with van der Waals surface area (Å²) in [6.45, 7) is -0.941. The molecule has 164 valence electrons. The maximum Gasteiger partial charge on any atom is 0.490 e. The van der Waals surface area contributed by atoms with E-state index in [0.29, 0.717) is 15.9 Å². The number of aliphatic carboxylic acids is 1. The molecule has 0 radical (unpaired) electrons. The van der Waals surface area contributed by atoms with Crippen molar-refractivity contribution in [2.75, 3.05) is 5.32 Å². The molecule has 0 saturated heterocycles. The lowest BCUT2D eigenvalue weighted by Crippen LogP contribution is -2.21. The molecular weight excluding hydrogens is 415 g/mol. The van der Waals surface area contributed by atoms with Gasteiger partial charge in [-0.3, -0.25) is 9.78 Å². The second-order valence-corrected chi connectivity index (χ2v) is 6.65. The number of hydrogen-bond acceptors (Lipinski definition) is 4. The molecule has 2 bridgehead atoms. The van der Waals surface area contributed by atoms with Crippen LogP contribution in [0.5, 0.6) is 0 Å². The Labute approximate surface area is 167 Å². The van der Waals surface area contributed by atoms with E-state index >= 15 is 0 Å². The Bertz CT molecular complexity index is 898. The number of anilines is 1. The van der Waals surface area contributed by atoms with Crippen LogP contribution in [0.1, 0.15) is 38.3 Å². The lowest BCUT2D eigenvalue weighted by atomic mass is 9.99. The summed E-state index contributed by atoms with van der Waals surface area (Å²) in [6, 6.07) is 1.84. The summed E-state index contributed by atoms with van der Waals surface area (Å²) < 4.78 is 58.9. The fraction of sp³-hybridized carbons (Fsp3) is 0.444. The number of aromatic nitrogens is 3. The topological polar surface area (TPSA) is 97.1 Å². The van der Waals surface area contributed by atoms with E-state index < -0.39 is 18.7 Å². The fourth-order valence-corrected chi connectivity index (χ4v) is 2.81. The van der Waals surface area contributed by atoms with Crippen LogP contribution in [0.3, 0.4) is 0 Å². The monoisotopic (exact) mass is 434 g/mol. The minimum absolute atomic E-state index is 0.173. The summed E-state index contributed by atoms with van der Waals surface area (Å²) >= 11 is 0. The van der Waals surface area contributed by atoms with E-state index in [1.165, 1.54) is 12.4 Å². The number of pyridine rings is 1. The van der Waals surface area contributed by atoms with Crippen LogP contribution in [0.15, 0.2) is 24.7 Å². The zero-order chi connectivity index (χ0) is 22.5. The van der Waals surface area contributed by atoms with E-state index in [2.05, 4.69) is 15.4 Å². The average Bonchev–Trinajstić information content (AvgIpc) is 3.08. The molecule has 0 saturated carbocycles. The lowest BCUT2D eigenvalue weighted by molar-refractivity contribution is -0.192. The van der Waals surface area contributed by atoms with Crippen LogP contribution in [-0.4, -0.2) is 37.9 Å². The summed E-state index contributed by atoms with van der Waals surface area (Å²) in [5.41, 5.74) is 2.01. The molecule has 0 spiro atoms. The normalized spacial score (nSPS) is 17.0. The number of carbonyl (C=O) groups is 2. The van der Waals surface area contributed by atoms with E-state index in [-0.39, 0.29) is 17.5 Å². The van der Waals surface area contributed by atoms with Gasteiger partial charge in [-0.2, -0.15) is 27.1 Å². The highest BCUT2D eigenvalue weighted by atomic mass is 19.4. The molecule has 12 heteroatoms. The van der Waals surface area contributed by atoms with Gasteiger partial charge in [0, 0.05) is 23.9 Å². The van der Waals surface area contributed by atoms with Gasteiger partial charge in [-0.25, -0.2) is 9.48 Å². The first kappa shape index (κ1) is 23.2. The molecule has 1 amide bonds. The summed E-state index contributed by atoms with van der Waals surface area (Å²) in [7, 11) is 0. The number of halogens is 5. The van der Waals surface area contributed by atoms with E-state index in [1.54, 1.807) is 6.20 Å². The molecule has 7 nitrogen and oxygen atoms in total. The van der Waals surface area contributed by atoms with Crippen molar-refractivity contribution in [3.8, 4) is 11.3 Å². The molecule has 1 unspecified atom stereocenters. The maximum atomic E-state index is 13.2. The van der Waals surface area contributed by atoms with Crippen molar-refractivity contribution in [1.82, 2.24) is 14.8 Å². The van der Waals surface area contributed by atoms with Crippen molar-refractivity contribution in [1.29, 1.82) is 0 Å². The van der Waals surface area contributed by atoms with Gasteiger partial charge in [0.15, 0.2) is 0 Å². The highest BCUT2D eigenvalue weighted by Gasteiger charge is 2.38. The van der Waals surface area contributed by atoms with Crippen LogP contribution in [0.25, 0.3) is 11.3 Å². The number of rotatable bonds is 1. The van der Waals surface area contributed by atoms with Gasteiger partial charge in [-0.15, -0.1) is 0 Å². The first-order chi connectivity index (χ1) is 14.0. The number of fused-ring (bicyclic) bond motifs is 4. The Morgan fingerprint density at radius 1 is 1.27 bits per heavy atom. The summed E-state index contributed by atoms with van der Waals surface area (Å²) in [6.07, 6.45) is 2.89. The molecule has 2 aromatic heterocycles. The molecule has 0 fully saturated rings. The number of nitrogens with one attached hydrogen (secondary N) is 1. The van der Waals surface area contributed by atoms with Gasteiger partial charge < -0.3 is 10.4 Å². The highest BCUT2D eigenvalue weighted by molar-refractivity contribution is 5.95. The first-order valence-electron chi connectivity index (χ1n) is 8.91. The number of hydrogen-bond donors (Lipinski definition) is 2. The average molecular weight is 434 g/mol. The van der Waals surface area contributed by atoms with Gasteiger partial charge in [0.1, 0.15) is 0 Å². The second-order valence-electron chi connectivity index (χ2n) is 6.65. The molecule has 1 aliphatic heterocycles. The first-order valence-corrected chi connectivity index (χ1v) is 8.91. The highest BCUT2D eigenvalue weighted by Crippen LogP contribution is 2.32. The van der Waals surface area contributed by atoms with Crippen LogP contribution >= 0.6 is 0 Å². The molecule has 1 atom stereocenters. The molecule has 0 aromatic carbocycles. The van der Waals surface area contributed by atoms with E-state index in [0.717, 1.165) is 31.2 Å². The van der Waals surface area contributed by atoms with Crippen molar-refractivity contribution in [2.24, 2.45) is 5.92 Å². The summed E-state index contributed by atoms with van der Waals surface area (Å²) in [5, 5.41) is 13.6. The lowest BCUT2D eigenvalue weighted by Gasteiger charge is -2.15. The van der Waals surface area contributed by atoms with E-state index in [4.69, 9.17) is 9.90 Å². The minimum Gasteiger partial charge on any atom is -0.475 e. The molecule has 3 rings (SSSR count). The number of amides is 1. The molecule has 3 heterocycles. The Morgan fingerprint density at radius 2 is 1.93 bits per heavy atom. The van der Waals surface area contributed by atoms with Crippen molar-refractivity contribution < 1.29 is 36.6 Å². The third-order valence-electron chi connectivity index (χ3n) is 4.35. The Balaban J connectivity index is 0.000000396. The number of carboxylic acids is 1. The number of carbonyl (C=O) groups excluding carboxylic acids is 1. The Kier molecular flexibility index (Phi) is 7.46. The maximum absolute atomic E-state index is 13.2. The van der Waals surface area contributed by atoms with Gasteiger partial charge in [0.05, 0.1) is 17.6 Å². The molecule has 30 heavy (non-hydrogen) atoms. The van der Waals surface area contributed by atoms with E-state index in [9.17, 15) is 26.7 Å². The van der Waals surface area contributed by atoms with Crippen LogP contribution in [-0.2, 0) is 16.0 Å². The minimum atomic E-state index is -5.08. The zero-order valence-corrected chi connectivity index (χ0v) is 15.8. The third-order valence-corrected chi connectivity index (χ3v) is 4.35. The van der Waals surface area contributed by atoms with Gasteiger partial charge in [0.2, 0.25) is 5.91 Å². The smallest absolute Gasteiger partial charge is 0.475 e.